The molecule has 24 heavy (non-hydrogen) atoms. The molecule has 3 N–H and O–H groups in total. The molecular weight excluding hydrogens is 336 g/mol. The summed E-state index contributed by atoms with van der Waals surface area (Å²) in [6.45, 7) is -0.0831. The number of benzene rings is 1. The molecule has 0 spiro atoms. The fourth-order valence-electron chi connectivity index (χ4n) is 2.09. The number of methoxy groups -OCH3 is 2. The second kappa shape index (κ2) is 7.85. The summed E-state index contributed by atoms with van der Waals surface area (Å²) < 4.78 is 10.3. The third-order valence-electron chi connectivity index (χ3n) is 3.36. The number of carbonyl (C=O) groups is 1. The van der Waals surface area contributed by atoms with Gasteiger partial charge in [-0.2, -0.15) is 0 Å². The van der Waals surface area contributed by atoms with Gasteiger partial charge in [-0.3, -0.25) is 9.59 Å². The van der Waals surface area contributed by atoms with Crippen molar-refractivity contribution in [2.45, 2.75) is 6.10 Å². The van der Waals surface area contributed by atoms with Gasteiger partial charge in [0.1, 0.15) is 5.56 Å². The molecule has 128 valence electrons. The van der Waals surface area contributed by atoms with Gasteiger partial charge in [-0.05, 0) is 23.8 Å². The molecule has 2 aromatic rings. The van der Waals surface area contributed by atoms with Gasteiger partial charge in [0.2, 0.25) is 0 Å². The van der Waals surface area contributed by atoms with E-state index in [0.29, 0.717) is 17.1 Å². The van der Waals surface area contributed by atoms with Crippen molar-refractivity contribution in [2.24, 2.45) is 0 Å². The lowest BCUT2D eigenvalue weighted by molar-refractivity contribution is 0.0914. The molecule has 8 heteroatoms. The van der Waals surface area contributed by atoms with Crippen LogP contribution in [0.2, 0.25) is 5.02 Å². The van der Waals surface area contributed by atoms with Gasteiger partial charge in [0.25, 0.3) is 11.5 Å². The van der Waals surface area contributed by atoms with E-state index in [1.54, 1.807) is 18.2 Å². The van der Waals surface area contributed by atoms with Gasteiger partial charge in [-0.1, -0.05) is 17.7 Å². The molecule has 0 saturated carbocycles. The van der Waals surface area contributed by atoms with Crippen LogP contribution in [-0.4, -0.2) is 36.8 Å². The van der Waals surface area contributed by atoms with Gasteiger partial charge in [0, 0.05) is 12.7 Å². The maximum Gasteiger partial charge on any atom is 0.260 e. The van der Waals surface area contributed by atoms with Gasteiger partial charge in [0.05, 0.1) is 25.3 Å². The molecule has 0 aliphatic carbocycles. The molecule has 1 aromatic carbocycles. The number of nitrogens with one attached hydrogen (secondary N) is 2. The molecule has 0 aliphatic rings. The Balaban J connectivity index is 2.07. The van der Waals surface area contributed by atoms with Crippen LogP contribution in [0.3, 0.4) is 0 Å². The number of hydrogen-bond donors (Lipinski definition) is 3. The first-order chi connectivity index (χ1) is 11.5. The predicted molar refractivity (Wildman–Crippen MR) is 88.9 cm³/mol. The largest absolute Gasteiger partial charge is 0.493 e. The highest BCUT2D eigenvalue weighted by molar-refractivity contribution is 6.30. The molecule has 0 radical (unpaired) electrons. The molecule has 1 heterocycles. The molecule has 1 amide bonds. The Labute approximate surface area is 143 Å². The number of ether oxygens (including phenoxy) is 2. The Morgan fingerprint density at radius 3 is 2.67 bits per heavy atom. The van der Waals surface area contributed by atoms with Crippen molar-refractivity contribution < 1.29 is 19.4 Å². The summed E-state index contributed by atoms with van der Waals surface area (Å²) in [6, 6.07) is 6.19. The van der Waals surface area contributed by atoms with Gasteiger partial charge < -0.3 is 24.9 Å². The number of hydrogen-bond acceptors (Lipinski definition) is 5. The summed E-state index contributed by atoms with van der Waals surface area (Å²) in [5.41, 5.74) is -0.146. The number of rotatable bonds is 6. The second-order valence-corrected chi connectivity index (χ2v) is 5.34. The number of aromatic amines is 1. The highest BCUT2D eigenvalue weighted by Crippen LogP contribution is 2.29. The van der Waals surface area contributed by atoms with Crippen LogP contribution in [0.15, 0.2) is 35.3 Å². The second-order valence-electron chi connectivity index (χ2n) is 4.90. The Hall–Kier alpha value is -2.51. The zero-order valence-corrected chi connectivity index (χ0v) is 13.9. The number of pyridine rings is 1. The van der Waals surface area contributed by atoms with Gasteiger partial charge in [0.15, 0.2) is 11.5 Å². The summed E-state index contributed by atoms with van der Waals surface area (Å²) in [5.74, 6) is 0.368. The average Bonchev–Trinajstić information content (AvgIpc) is 2.60. The van der Waals surface area contributed by atoms with Gasteiger partial charge >= 0.3 is 0 Å². The van der Waals surface area contributed by atoms with Crippen molar-refractivity contribution in [3.05, 3.63) is 57.0 Å². The molecule has 0 saturated heterocycles. The standard InChI is InChI=1S/C16H17ClN2O5/c1-23-13-4-3-9(5-14(13)24-2)12(20)8-19-16(22)11-6-10(17)7-18-15(11)21/h3-7,12,20H,8H2,1-2H3,(H,18,21)(H,19,22). The monoisotopic (exact) mass is 352 g/mol. The van der Waals surface area contributed by atoms with Crippen molar-refractivity contribution in [2.75, 3.05) is 20.8 Å². The first-order valence-corrected chi connectivity index (χ1v) is 7.40. The number of aromatic nitrogens is 1. The Bertz CT molecular complexity index is 790. The van der Waals surface area contributed by atoms with Crippen molar-refractivity contribution in [3.63, 3.8) is 0 Å². The van der Waals surface area contributed by atoms with E-state index in [1.165, 1.54) is 26.5 Å². The zero-order chi connectivity index (χ0) is 17.7. The molecule has 1 unspecified atom stereocenters. The Morgan fingerprint density at radius 2 is 2.00 bits per heavy atom. The fraction of sp³-hybridized carbons (Fsp3) is 0.250. The SMILES string of the molecule is COc1ccc(C(O)CNC(=O)c2cc(Cl)c[nH]c2=O)cc1OC. The van der Waals surface area contributed by atoms with Crippen molar-refractivity contribution in [1.29, 1.82) is 0 Å². The first kappa shape index (κ1) is 17.8. The zero-order valence-electron chi connectivity index (χ0n) is 13.1. The number of aliphatic hydroxyl groups is 1. The number of halogens is 1. The minimum Gasteiger partial charge on any atom is -0.493 e. The van der Waals surface area contributed by atoms with Crippen LogP contribution in [0.5, 0.6) is 11.5 Å². The molecule has 1 aromatic heterocycles. The molecule has 0 bridgehead atoms. The smallest absolute Gasteiger partial charge is 0.260 e. The Morgan fingerprint density at radius 1 is 1.29 bits per heavy atom. The number of amides is 1. The van der Waals surface area contributed by atoms with E-state index in [2.05, 4.69) is 10.3 Å². The van der Waals surface area contributed by atoms with E-state index in [0.717, 1.165) is 0 Å². The van der Waals surface area contributed by atoms with E-state index in [1.807, 2.05) is 0 Å². The van der Waals surface area contributed by atoms with Crippen LogP contribution in [0, 0.1) is 0 Å². The maximum absolute atomic E-state index is 12.0. The topological polar surface area (TPSA) is 101 Å². The lowest BCUT2D eigenvalue weighted by Gasteiger charge is -2.15. The molecular formula is C16H17ClN2O5. The van der Waals surface area contributed by atoms with E-state index >= 15 is 0 Å². The van der Waals surface area contributed by atoms with Crippen molar-refractivity contribution in [3.8, 4) is 11.5 Å². The number of carbonyl (C=O) groups excluding carboxylic acids is 1. The van der Waals surface area contributed by atoms with Crippen LogP contribution in [0.1, 0.15) is 22.0 Å². The summed E-state index contributed by atoms with van der Waals surface area (Å²) >= 11 is 5.76. The van der Waals surface area contributed by atoms with Crippen LogP contribution < -0.4 is 20.3 Å². The summed E-state index contributed by atoms with van der Waals surface area (Å²) in [7, 11) is 3.00. The van der Waals surface area contributed by atoms with Gasteiger partial charge in [-0.25, -0.2) is 0 Å². The number of H-pyrrole nitrogens is 1. The normalized spacial score (nSPS) is 11.7. The molecule has 0 aliphatic heterocycles. The quantitative estimate of drug-likeness (QED) is 0.731. The summed E-state index contributed by atoms with van der Waals surface area (Å²) in [4.78, 5) is 26.0. The van der Waals surface area contributed by atoms with Crippen molar-refractivity contribution in [1.82, 2.24) is 10.3 Å². The molecule has 0 fully saturated rings. The highest BCUT2D eigenvalue weighted by atomic mass is 35.5. The van der Waals surface area contributed by atoms with Gasteiger partial charge in [-0.15, -0.1) is 0 Å². The van der Waals surface area contributed by atoms with E-state index < -0.39 is 17.6 Å². The average molecular weight is 353 g/mol. The predicted octanol–water partition coefficient (Wildman–Crippen LogP) is 1.51. The van der Waals surface area contributed by atoms with Crippen LogP contribution >= 0.6 is 11.6 Å². The third-order valence-corrected chi connectivity index (χ3v) is 3.58. The molecule has 2 rings (SSSR count). The Kier molecular flexibility index (Phi) is 5.83. The van der Waals surface area contributed by atoms with Crippen LogP contribution in [0.25, 0.3) is 0 Å². The minimum absolute atomic E-state index is 0.0831. The fourth-order valence-corrected chi connectivity index (χ4v) is 2.25. The van der Waals surface area contributed by atoms with Crippen molar-refractivity contribution >= 4 is 17.5 Å². The molecule has 7 nitrogen and oxygen atoms in total. The molecule has 1 atom stereocenters. The minimum atomic E-state index is -0.980. The summed E-state index contributed by atoms with van der Waals surface area (Å²) in [6.07, 6.45) is 0.311. The van der Waals surface area contributed by atoms with Crippen LogP contribution in [-0.2, 0) is 0 Å². The van der Waals surface area contributed by atoms with E-state index in [-0.39, 0.29) is 17.1 Å². The number of aliphatic hydroxyl groups excluding tert-OH is 1. The lowest BCUT2D eigenvalue weighted by atomic mass is 10.1. The van der Waals surface area contributed by atoms with E-state index in [9.17, 15) is 14.7 Å². The third kappa shape index (κ3) is 4.06. The first-order valence-electron chi connectivity index (χ1n) is 7.02. The van der Waals surface area contributed by atoms with Crippen LogP contribution in [0.4, 0.5) is 0 Å². The maximum atomic E-state index is 12.0. The highest BCUT2D eigenvalue weighted by Gasteiger charge is 2.15. The summed E-state index contributed by atoms with van der Waals surface area (Å²) in [5, 5.41) is 12.9. The van der Waals surface area contributed by atoms with E-state index in [4.69, 9.17) is 21.1 Å². The lowest BCUT2D eigenvalue weighted by Crippen LogP contribution is -2.32.